The largest absolute Gasteiger partial charge is 0.496 e. The summed E-state index contributed by atoms with van der Waals surface area (Å²) in [5.74, 6) is -0.164. The van der Waals surface area contributed by atoms with Crippen molar-refractivity contribution in [2.24, 2.45) is 7.05 Å². The number of ether oxygens (including phenoxy) is 1. The molecule has 0 aliphatic carbocycles. The van der Waals surface area contributed by atoms with Crippen LogP contribution in [0.1, 0.15) is 33.7 Å². The second-order valence-corrected chi connectivity index (χ2v) is 5.04. The Balaban J connectivity index is 2.17. The highest BCUT2D eigenvalue weighted by molar-refractivity contribution is 5.98. The Morgan fingerprint density at radius 2 is 2.10 bits per heavy atom. The predicted molar refractivity (Wildman–Crippen MR) is 78.3 cm³/mol. The molecule has 2 rings (SSSR count). The predicted octanol–water partition coefficient (Wildman–Crippen LogP) is 3.00. The molecule has 0 N–H and O–H groups in total. The van der Waals surface area contributed by atoms with Gasteiger partial charge in [0.2, 0.25) is 0 Å². The fourth-order valence-electron chi connectivity index (χ4n) is 2.45. The number of aryl methyl sites for hydroxylation is 2. The summed E-state index contributed by atoms with van der Waals surface area (Å²) in [4.78, 5) is 12.3. The Morgan fingerprint density at radius 1 is 1.38 bits per heavy atom. The lowest BCUT2D eigenvalue weighted by atomic mass is 10.0. The van der Waals surface area contributed by atoms with E-state index in [-0.39, 0.29) is 11.3 Å². The van der Waals surface area contributed by atoms with Crippen molar-refractivity contribution >= 4 is 5.78 Å². The fraction of sp³-hybridized carbons (Fsp3) is 0.375. The van der Waals surface area contributed by atoms with Crippen LogP contribution in [0.25, 0.3) is 0 Å². The summed E-state index contributed by atoms with van der Waals surface area (Å²) in [6, 6.07) is 3.98. The van der Waals surface area contributed by atoms with Gasteiger partial charge in [-0.2, -0.15) is 5.10 Å². The minimum Gasteiger partial charge on any atom is -0.496 e. The number of halogens is 1. The third kappa shape index (κ3) is 3.12. The van der Waals surface area contributed by atoms with Crippen LogP contribution in [0.15, 0.2) is 18.2 Å². The second-order valence-electron chi connectivity index (χ2n) is 5.04. The molecule has 0 fully saturated rings. The van der Waals surface area contributed by atoms with Gasteiger partial charge in [-0.15, -0.1) is 0 Å². The van der Waals surface area contributed by atoms with Gasteiger partial charge in [0.1, 0.15) is 11.6 Å². The Morgan fingerprint density at radius 3 is 2.67 bits per heavy atom. The zero-order chi connectivity index (χ0) is 15.6. The molecule has 0 aliphatic rings. The van der Waals surface area contributed by atoms with Gasteiger partial charge in [-0.25, -0.2) is 4.39 Å². The monoisotopic (exact) mass is 290 g/mol. The lowest BCUT2D eigenvalue weighted by Crippen LogP contribution is -2.05. The molecule has 1 heterocycles. The Bertz CT molecular complexity index is 677. The maximum atomic E-state index is 13.3. The number of ketones is 1. The summed E-state index contributed by atoms with van der Waals surface area (Å²) in [5.41, 5.74) is 3.33. The number of hydrogen-bond acceptors (Lipinski definition) is 3. The summed E-state index contributed by atoms with van der Waals surface area (Å²) in [6.07, 6.45) is 0.886. The van der Waals surface area contributed by atoms with Gasteiger partial charge in [0.25, 0.3) is 0 Å². The van der Waals surface area contributed by atoms with E-state index < -0.39 is 5.82 Å². The van der Waals surface area contributed by atoms with Crippen LogP contribution in [0, 0.1) is 19.7 Å². The highest BCUT2D eigenvalue weighted by Gasteiger charge is 2.16. The summed E-state index contributed by atoms with van der Waals surface area (Å²) >= 11 is 0. The van der Waals surface area contributed by atoms with Crippen LogP contribution in [-0.2, 0) is 13.5 Å². The van der Waals surface area contributed by atoms with Gasteiger partial charge in [0.05, 0.1) is 18.4 Å². The quantitative estimate of drug-likeness (QED) is 0.795. The molecule has 0 spiro atoms. The lowest BCUT2D eigenvalue weighted by Gasteiger charge is -2.08. The van der Waals surface area contributed by atoms with Crippen LogP contribution in [0.5, 0.6) is 5.75 Å². The third-order valence-corrected chi connectivity index (χ3v) is 3.72. The number of nitrogens with zero attached hydrogens (tertiary/aromatic N) is 2. The molecule has 1 aromatic heterocycles. The Hall–Kier alpha value is -2.17. The molecule has 0 saturated carbocycles. The third-order valence-electron chi connectivity index (χ3n) is 3.72. The minimum atomic E-state index is -0.437. The van der Waals surface area contributed by atoms with Crippen molar-refractivity contribution in [1.82, 2.24) is 9.78 Å². The van der Waals surface area contributed by atoms with Crippen molar-refractivity contribution in [3.05, 3.63) is 46.5 Å². The molecule has 4 nitrogen and oxygen atoms in total. The number of methoxy groups -OCH3 is 1. The molecule has 21 heavy (non-hydrogen) atoms. The van der Waals surface area contributed by atoms with Crippen molar-refractivity contribution in [2.75, 3.05) is 7.11 Å². The number of hydrogen-bond donors (Lipinski definition) is 0. The fourth-order valence-corrected chi connectivity index (χ4v) is 2.45. The Kier molecular flexibility index (Phi) is 4.40. The van der Waals surface area contributed by atoms with Crippen molar-refractivity contribution in [3.63, 3.8) is 0 Å². The highest BCUT2D eigenvalue weighted by atomic mass is 19.1. The van der Waals surface area contributed by atoms with E-state index in [0.717, 1.165) is 17.0 Å². The molecule has 0 unspecified atom stereocenters. The Labute approximate surface area is 123 Å². The first-order valence-electron chi connectivity index (χ1n) is 6.80. The highest BCUT2D eigenvalue weighted by Crippen LogP contribution is 2.22. The van der Waals surface area contributed by atoms with Gasteiger partial charge in [-0.1, -0.05) is 0 Å². The average Bonchev–Trinajstić information content (AvgIpc) is 2.70. The van der Waals surface area contributed by atoms with Gasteiger partial charge in [-0.3, -0.25) is 9.48 Å². The molecule has 112 valence electrons. The molecule has 0 atom stereocenters. The van der Waals surface area contributed by atoms with Crippen molar-refractivity contribution in [2.45, 2.75) is 26.7 Å². The normalized spacial score (nSPS) is 10.7. The number of benzene rings is 1. The molecule has 0 aliphatic heterocycles. The number of carbonyl (C=O) groups excluding carboxylic acids is 1. The van der Waals surface area contributed by atoms with Gasteiger partial charge in [-0.05, 0) is 44.0 Å². The molecule has 0 bridgehead atoms. The molecule has 2 aromatic rings. The van der Waals surface area contributed by atoms with E-state index in [1.165, 1.54) is 25.3 Å². The smallest absolute Gasteiger partial charge is 0.167 e. The molecule has 0 amide bonds. The first kappa shape index (κ1) is 15.2. The van der Waals surface area contributed by atoms with Crippen molar-refractivity contribution in [3.8, 4) is 5.75 Å². The van der Waals surface area contributed by atoms with E-state index in [2.05, 4.69) is 5.10 Å². The van der Waals surface area contributed by atoms with E-state index >= 15 is 0 Å². The molecular formula is C16H19FN2O2. The van der Waals surface area contributed by atoms with Crippen LogP contribution in [0.4, 0.5) is 4.39 Å². The van der Waals surface area contributed by atoms with Gasteiger partial charge >= 0.3 is 0 Å². The van der Waals surface area contributed by atoms with Gasteiger partial charge in [0, 0.05) is 19.2 Å². The average molecular weight is 290 g/mol. The van der Waals surface area contributed by atoms with Gasteiger partial charge in [0.15, 0.2) is 5.78 Å². The van der Waals surface area contributed by atoms with Crippen LogP contribution in [0.2, 0.25) is 0 Å². The van der Waals surface area contributed by atoms with Crippen molar-refractivity contribution < 1.29 is 13.9 Å². The van der Waals surface area contributed by atoms with E-state index in [4.69, 9.17) is 4.74 Å². The molecule has 0 radical (unpaired) electrons. The number of carbonyl (C=O) groups is 1. The SMILES string of the molecule is COc1ccc(F)cc1C(=O)CCc1c(C)nn(C)c1C. The first-order chi connectivity index (χ1) is 9.93. The van der Waals surface area contributed by atoms with E-state index in [0.29, 0.717) is 18.6 Å². The lowest BCUT2D eigenvalue weighted by molar-refractivity contribution is 0.0979. The number of rotatable bonds is 5. The summed E-state index contributed by atoms with van der Waals surface area (Å²) < 4.78 is 20.2. The van der Waals surface area contributed by atoms with Gasteiger partial charge < -0.3 is 4.74 Å². The zero-order valence-corrected chi connectivity index (χ0v) is 12.7. The van der Waals surface area contributed by atoms with Crippen LogP contribution in [0.3, 0.4) is 0 Å². The topological polar surface area (TPSA) is 44.1 Å². The van der Waals surface area contributed by atoms with Crippen molar-refractivity contribution in [1.29, 1.82) is 0 Å². The molecule has 0 saturated heterocycles. The maximum Gasteiger partial charge on any atom is 0.167 e. The maximum absolute atomic E-state index is 13.3. The second kappa shape index (κ2) is 6.08. The standard InChI is InChI=1S/C16H19FN2O2/c1-10-13(11(2)19(3)18-10)6-7-15(20)14-9-12(17)5-8-16(14)21-4/h5,8-9H,6-7H2,1-4H3. The number of aromatic nitrogens is 2. The zero-order valence-electron chi connectivity index (χ0n) is 12.7. The summed E-state index contributed by atoms with van der Waals surface area (Å²) in [6.45, 7) is 3.90. The molecular weight excluding hydrogens is 271 g/mol. The summed E-state index contributed by atoms with van der Waals surface area (Å²) in [5, 5.41) is 4.33. The molecule has 1 aromatic carbocycles. The van der Waals surface area contributed by atoms with E-state index in [9.17, 15) is 9.18 Å². The number of Topliss-reactive ketones (excluding diaryl/α,β-unsaturated/α-hetero) is 1. The van der Waals surface area contributed by atoms with E-state index in [1.54, 1.807) is 4.68 Å². The summed E-state index contributed by atoms with van der Waals surface area (Å²) in [7, 11) is 3.35. The van der Waals surface area contributed by atoms with Crippen LogP contribution in [-0.4, -0.2) is 22.7 Å². The minimum absolute atomic E-state index is 0.131. The first-order valence-corrected chi connectivity index (χ1v) is 6.80. The van der Waals surface area contributed by atoms with E-state index in [1.807, 2.05) is 20.9 Å². The van der Waals surface area contributed by atoms with Crippen LogP contribution < -0.4 is 4.74 Å². The van der Waals surface area contributed by atoms with Crippen LogP contribution >= 0.6 is 0 Å². The molecule has 5 heteroatoms.